The Labute approximate surface area is 132 Å². The maximum absolute atomic E-state index is 12.3. The highest BCUT2D eigenvalue weighted by molar-refractivity contribution is 7.17. The van der Waals surface area contributed by atoms with Gasteiger partial charge in [0.2, 0.25) is 22.7 Å². The summed E-state index contributed by atoms with van der Waals surface area (Å²) in [5.74, 6) is -0.196. The molecule has 1 saturated heterocycles. The quantitative estimate of drug-likeness (QED) is 0.931. The fourth-order valence-electron chi connectivity index (χ4n) is 2.61. The summed E-state index contributed by atoms with van der Waals surface area (Å²) in [6.45, 7) is 8.35. The van der Waals surface area contributed by atoms with Gasteiger partial charge in [0.25, 0.3) is 0 Å². The molecular weight excluding hydrogens is 302 g/mol. The van der Waals surface area contributed by atoms with Gasteiger partial charge in [0.1, 0.15) is 0 Å². The molecule has 3 rings (SSSR count). The Morgan fingerprint density at radius 2 is 2.14 bits per heavy atom. The van der Waals surface area contributed by atoms with E-state index in [2.05, 4.69) is 15.4 Å². The van der Waals surface area contributed by atoms with Crippen LogP contribution in [0.3, 0.4) is 0 Å². The molecule has 3 heterocycles. The highest BCUT2D eigenvalue weighted by atomic mass is 32.1. The lowest BCUT2D eigenvalue weighted by Crippen LogP contribution is -2.33. The van der Waals surface area contributed by atoms with Gasteiger partial charge < -0.3 is 4.90 Å². The molecule has 0 spiro atoms. The van der Waals surface area contributed by atoms with Crippen LogP contribution in [0.1, 0.15) is 30.8 Å². The zero-order valence-electron chi connectivity index (χ0n) is 13.1. The number of fused-ring (bicyclic) bond motifs is 1. The molecule has 1 fully saturated rings. The van der Waals surface area contributed by atoms with Crippen molar-refractivity contribution in [1.29, 1.82) is 0 Å². The Morgan fingerprint density at radius 3 is 2.73 bits per heavy atom. The number of aryl methyl sites for hydroxylation is 2. The second-order valence-corrected chi connectivity index (χ2v) is 7.09. The first kappa shape index (κ1) is 15.0. The van der Waals surface area contributed by atoms with E-state index >= 15 is 0 Å². The summed E-state index contributed by atoms with van der Waals surface area (Å²) >= 11 is 1.54. The van der Waals surface area contributed by atoms with Crippen molar-refractivity contribution in [2.45, 2.75) is 40.2 Å². The molecule has 1 aliphatic rings. The number of carbonyl (C=O) groups excluding carboxylic acids is 2. The summed E-state index contributed by atoms with van der Waals surface area (Å²) in [6.07, 6.45) is 0.254. The normalized spacial score (nSPS) is 18.7. The first-order valence-electron chi connectivity index (χ1n) is 7.30. The molecule has 8 heteroatoms. The highest BCUT2D eigenvalue weighted by Gasteiger charge is 2.35. The molecule has 7 nitrogen and oxygen atoms in total. The third-order valence-corrected chi connectivity index (χ3v) is 5.09. The van der Waals surface area contributed by atoms with Crippen LogP contribution in [0.2, 0.25) is 0 Å². The van der Waals surface area contributed by atoms with Crippen molar-refractivity contribution in [3.63, 3.8) is 0 Å². The van der Waals surface area contributed by atoms with Crippen molar-refractivity contribution in [1.82, 2.24) is 19.5 Å². The molecule has 0 aromatic carbocycles. The highest BCUT2D eigenvalue weighted by Crippen LogP contribution is 2.23. The van der Waals surface area contributed by atoms with Crippen LogP contribution in [0, 0.1) is 19.8 Å². The van der Waals surface area contributed by atoms with Gasteiger partial charge >= 0.3 is 0 Å². The van der Waals surface area contributed by atoms with Gasteiger partial charge in [-0.3, -0.25) is 14.9 Å². The summed E-state index contributed by atoms with van der Waals surface area (Å²) in [4.78, 5) is 32.1. The fourth-order valence-corrected chi connectivity index (χ4v) is 3.52. The van der Waals surface area contributed by atoms with Crippen molar-refractivity contribution in [2.75, 3.05) is 11.9 Å². The number of likely N-dealkylation sites (tertiary alicyclic amines) is 1. The summed E-state index contributed by atoms with van der Waals surface area (Å²) in [6, 6.07) is 0.118. The van der Waals surface area contributed by atoms with Crippen LogP contribution in [0.5, 0.6) is 0 Å². The molecule has 22 heavy (non-hydrogen) atoms. The standard InChI is InChI=1S/C14H19N5O2S/c1-7(2)18-6-10(5-11(18)20)12(21)15-13-16-14-19(17-13)8(3)9(4)22-14/h7,10H,5-6H2,1-4H3,(H,15,17,21). The van der Waals surface area contributed by atoms with Gasteiger partial charge in [-0.2, -0.15) is 4.98 Å². The van der Waals surface area contributed by atoms with E-state index in [1.807, 2.05) is 27.7 Å². The Kier molecular flexibility index (Phi) is 3.64. The predicted molar refractivity (Wildman–Crippen MR) is 83.9 cm³/mol. The Hall–Kier alpha value is -1.96. The van der Waals surface area contributed by atoms with Gasteiger partial charge in [-0.25, -0.2) is 4.52 Å². The third-order valence-electron chi connectivity index (χ3n) is 4.04. The Bertz CT molecular complexity index is 748. The van der Waals surface area contributed by atoms with E-state index in [0.29, 0.717) is 12.5 Å². The number of hydrogen-bond acceptors (Lipinski definition) is 5. The monoisotopic (exact) mass is 321 g/mol. The molecule has 1 unspecified atom stereocenters. The number of hydrogen-bond donors (Lipinski definition) is 1. The molecule has 1 N–H and O–H groups in total. The topological polar surface area (TPSA) is 79.6 Å². The number of amides is 2. The molecule has 0 bridgehead atoms. The minimum absolute atomic E-state index is 0.0282. The van der Waals surface area contributed by atoms with Gasteiger partial charge in [-0.1, -0.05) is 11.3 Å². The molecule has 118 valence electrons. The Morgan fingerprint density at radius 1 is 1.41 bits per heavy atom. The van der Waals surface area contributed by atoms with E-state index in [1.165, 1.54) is 11.3 Å². The molecular formula is C14H19N5O2S. The summed E-state index contributed by atoms with van der Waals surface area (Å²) < 4.78 is 1.73. The number of thiazole rings is 1. The molecule has 0 radical (unpaired) electrons. The zero-order chi connectivity index (χ0) is 16.0. The van der Waals surface area contributed by atoms with Crippen molar-refractivity contribution in [2.24, 2.45) is 5.92 Å². The van der Waals surface area contributed by atoms with Gasteiger partial charge in [-0.15, -0.1) is 5.10 Å². The smallest absolute Gasteiger partial charge is 0.250 e. The van der Waals surface area contributed by atoms with E-state index in [4.69, 9.17) is 0 Å². The molecule has 2 aromatic rings. The lowest BCUT2D eigenvalue weighted by Gasteiger charge is -2.20. The fraction of sp³-hybridized carbons (Fsp3) is 0.571. The van der Waals surface area contributed by atoms with Gasteiger partial charge in [-0.05, 0) is 27.7 Å². The molecule has 1 atom stereocenters. The second-order valence-electron chi connectivity index (χ2n) is 5.90. The van der Waals surface area contributed by atoms with Crippen LogP contribution in [0.25, 0.3) is 4.96 Å². The SMILES string of the molecule is Cc1sc2nc(NC(=O)C3CC(=O)N(C(C)C)C3)nn2c1C. The maximum atomic E-state index is 12.3. The zero-order valence-corrected chi connectivity index (χ0v) is 13.9. The summed E-state index contributed by atoms with van der Waals surface area (Å²) in [7, 11) is 0. The molecule has 2 amide bonds. The average Bonchev–Trinajstić information content (AvgIpc) is 3.07. The lowest BCUT2D eigenvalue weighted by atomic mass is 10.1. The maximum Gasteiger partial charge on any atom is 0.250 e. The van der Waals surface area contributed by atoms with Crippen molar-refractivity contribution in [3.05, 3.63) is 10.6 Å². The number of aromatic nitrogens is 3. The summed E-state index contributed by atoms with van der Waals surface area (Å²) in [5.41, 5.74) is 1.02. The van der Waals surface area contributed by atoms with E-state index in [0.717, 1.165) is 15.5 Å². The number of carbonyl (C=O) groups is 2. The van der Waals surface area contributed by atoms with E-state index in [1.54, 1.807) is 9.42 Å². The first-order chi connectivity index (χ1) is 10.4. The van der Waals surface area contributed by atoms with E-state index in [-0.39, 0.29) is 30.2 Å². The minimum atomic E-state index is -0.334. The number of nitrogens with zero attached hydrogens (tertiary/aromatic N) is 4. The van der Waals surface area contributed by atoms with E-state index in [9.17, 15) is 9.59 Å². The second kappa shape index (κ2) is 5.35. The number of nitrogens with one attached hydrogen (secondary N) is 1. The van der Waals surface area contributed by atoms with Crippen molar-refractivity contribution >= 4 is 34.1 Å². The largest absolute Gasteiger partial charge is 0.339 e. The predicted octanol–water partition coefficient (Wildman–Crippen LogP) is 1.60. The van der Waals surface area contributed by atoms with Crippen LogP contribution >= 0.6 is 11.3 Å². The summed E-state index contributed by atoms with van der Waals surface area (Å²) in [5, 5.41) is 7.04. The van der Waals surface area contributed by atoms with Crippen LogP contribution in [0.15, 0.2) is 0 Å². The minimum Gasteiger partial charge on any atom is -0.339 e. The first-order valence-corrected chi connectivity index (χ1v) is 8.11. The van der Waals surface area contributed by atoms with Crippen molar-refractivity contribution in [3.8, 4) is 0 Å². The van der Waals surface area contributed by atoms with Crippen LogP contribution in [-0.4, -0.2) is 43.9 Å². The molecule has 0 saturated carbocycles. The molecule has 1 aliphatic heterocycles. The number of rotatable bonds is 3. The average molecular weight is 321 g/mol. The van der Waals surface area contributed by atoms with E-state index < -0.39 is 0 Å². The molecule has 0 aliphatic carbocycles. The lowest BCUT2D eigenvalue weighted by molar-refractivity contribution is -0.129. The van der Waals surface area contributed by atoms with Gasteiger partial charge in [0.15, 0.2) is 0 Å². The van der Waals surface area contributed by atoms with Crippen LogP contribution in [-0.2, 0) is 9.59 Å². The van der Waals surface area contributed by atoms with Crippen LogP contribution in [0.4, 0.5) is 5.95 Å². The van der Waals surface area contributed by atoms with Crippen LogP contribution < -0.4 is 5.32 Å². The number of anilines is 1. The molecule has 2 aromatic heterocycles. The third kappa shape index (κ3) is 2.47. The van der Waals surface area contributed by atoms with Gasteiger partial charge in [0.05, 0.1) is 11.6 Å². The van der Waals surface area contributed by atoms with Gasteiger partial charge in [0, 0.05) is 23.9 Å². The Balaban J connectivity index is 1.72. The van der Waals surface area contributed by atoms with Crippen molar-refractivity contribution < 1.29 is 9.59 Å².